The summed E-state index contributed by atoms with van der Waals surface area (Å²) in [6.45, 7) is 3.08. The number of piperidine rings is 3. The standard InChI is InChI=1S/C32H30F2NO3S/c33-27-5-1-3-24(16-27)32(25-4-2-6-28(34)17-25)38-31(37)18-26-19-35(12-9-21(26)10-13-35)20-29(36)22-7-8-30-23(15-22)11-14-39-30/h1-8,11,14-17,21,26,32H,9-10,12-13,18-20H2/q+1/t21?,26-,35?/m0/s1. The van der Waals surface area contributed by atoms with Crippen molar-refractivity contribution in [3.8, 4) is 0 Å². The third-order valence-electron chi connectivity index (χ3n) is 8.47. The van der Waals surface area contributed by atoms with E-state index in [0.717, 1.165) is 43.4 Å². The molecule has 0 spiro atoms. The molecule has 0 radical (unpaired) electrons. The molecule has 4 aromatic rings. The monoisotopic (exact) mass is 546 g/mol. The fourth-order valence-electron chi connectivity index (χ4n) is 6.49. The molecule has 3 fully saturated rings. The van der Waals surface area contributed by atoms with Gasteiger partial charge in [0.15, 0.2) is 6.10 Å². The number of ether oxygens (including phenoxy) is 1. The molecule has 7 heteroatoms. The quantitative estimate of drug-likeness (QED) is 0.137. The lowest BCUT2D eigenvalue weighted by Crippen LogP contribution is -2.63. The van der Waals surface area contributed by atoms with E-state index in [0.29, 0.717) is 28.1 Å². The Balaban J connectivity index is 1.16. The Hall–Kier alpha value is -3.42. The molecule has 3 aliphatic rings. The molecule has 0 saturated carbocycles. The first kappa shape index (κ1) is 25.8. The van der Waals surface area contributed by atoms with Gasteiger partial charge < -0.3 is 9.22 Å². The van der Waals surface area contributed by atoms with E-state index in [1.54, 1.807) is 35.6 Å². The van der Waals surface area contributed by atoms with Crippen LogP contribution >= 0.6 is 11.3 Å². The number of fused-ring (bicyclic) bond motifs is 4. The number of thiophene rings is 1. The van der Waals surface area contributed by atoms with E-state index in [-0.39, 0.29) is 24.1 Å². The molecule has 1 aromatic heterocycles. The zero-order valence-electron chi connectivity index (χ0n) is 21.5. The number of halogens is 2. The Morgan fingerprint density at radius 2 is 1.62 bits per heavy atom. The second kappa shape index (κ2) is 10.6. The van der Waals surface area contributed by atoms with E-state index in [4.69, 9.17) is 4.74 Å². The van der Waals surface area contributed by atoms with Gasteiger partial charge in [0.25, 0.3) is 0 Å². The molecule has 39 heavy (non-hydrogen) atoms. The summed E-state index contributed by atoms with van der Waals surface area (Å²) >= 11 is 1.67. The van der Waals surface area contributed by atoms with Gasteiger partial charge in [0.2, 0.25) is 5.78 Å². The minimum Gasteiger partial charge on any atom is -0.453 e. The summed E-state index contributed by atoms with van der Waals surface area (Å²) in [7, 11) is 0. The molecule has 3 aliphatic heterocycles. The fourth-order valence-corrected chi connectivity index (χ4v) is 7.26. The van der Waals surface area contributed by atoms with Crippen molar-refractivity contribution in [3.63, 3.8) is 0 Å². The van der Waals surface area contributed by atoms with Crippen LogP contribution in [-0.4, -0.2) is 42.4 Å². The summed E-state index contributed by atoms with van der Waals surface area (Å²) in [5, 5.41) is 3.13. The third-order valence-corrected chi connectivity index (χ3v) is 9.37. The maximum absolute atomic E-state index is 14.0. The second-order valence-corrected chi connectivity index (χ2v) is 12.0. The molecular formula is C32H30F2NO3S+. The highest BCUT2D eigenvalue weighted by Gasteiger charge is 2.47. The number of benzene rings is 3. The van der Waals surface area contributed by atoms with Crippen LogP contribution in [0.15, 0.2) is 78.2 Å². The lowest BCUT2D eigenvalue weighted by atomic mass is 9.75. The first-order chi connectivity index (χ1) is 18.9. The Bertz CT molecular complexity index is 1480. The molecule has 3 aromatic carbocycles. The van der Waals surface area contributed by atoms with Crippen molar-refractivity contribution >= 4 is 33.2 Å². The van der Waals surface area contributed by atoms with E-state index in [9.17, 15) is 18.4 Å². The molecule has 4 heterocycles. The van der Waals surface area contributed by atoms with Crippen molar-refractivity contribution in [3.05, 3.63) is 107 Å². The number of Topliss-reactive ketones (excluding diaryl/α,β-unsaturated/α-hetero) is 1. The predicted molar refractivity (Wildman–Crippen MR) is 147 cm³/mol. The molecule has 200 valence electrons. The van der Waals surface area contributed by atoms with Crippen LogP contribution in [0.2, 0.25) is 0 Å². The van der Waals surface area contributed by atoms with Gasteiger partial charge in [0, 0.05) is 29.0 Å². The summed E-state index contributed by atoms with van der Waals surface area (Å²) < 4.78 is 35.8. The molecule has 1 atom stereocenters. The highest BCUT2D eigenvalue weighted by atomic mass is 32.1. The van der Waals surface area contributed by atoms with Crippen LogP contribution in [0.5, 0.6) is 0 Å². The van der Waals surface area contributed by atoms with Crippen LogP contribution in [-0.2, 0) is 9.53 Å². The average Bonchev–Trinajstić information content (AvgIpc) is 3.40. The smallest absolute Gasteiger partial charge is 0.307 e. The normalized spacial score (nSPS) is 22.3. The van der Waals surface area contributed by atoms with E-state index in [2.05, 4.69) is 0 Å². The van der Waals surface area contributed by atoms with Gasteiger partial charge in [-0.1, -0.05) is 24.3 Å². The molecule has 3 saturated heterocycles. The van der Waals surface area contributed by atoms with E-state index < -0.39 is 17.7 Å². The predicted octanol–water partition coefficient (Wildman–Crippen LogP) is 6.94. The minimum absolute atomic E-state index is 0.104. The number of quaternary nitrogens is 1. The number of carbonyl (C=O) groups is 2. The van der Waals surface area contributed by atoms with Crippen molar-refractivity contribution in [1.29, 1.82) is 0 Å². The lowest BCUT2D eigenvalue weighted by molar-refractivity contribution is -0.939. The molecule has 2 bridgehead atoms. The van der Waals surface area contributed by atoms with E-state index in [1.165, 1.54) is 29.0 Å². The van der Waals surface area contributed by atoms with Crippen LogP contribution in [0.4, 0.5) is 8.78 Å². The summed E-state index contributed by atoms with van der Waals surface area (Å²) in [5.74, 6) is -0.626. The summed E-state index contributed by atoms with van der Waals surface area (Å²) in [5.41, 5.74) is 1.66. The van der Waals surface area contributed by atoms with Crippen LogP contribution in [0.1, 0.15) is 46.9 Å². The Kier molecular flexibility index (Phi) is 7.04. The van der Waals surface area contributed by atoms with Crippen LogP contribution < -0.4 is 0 Å². The molecule has 0 N–H and O–H groups in total. The van der Waals surface area contributed by atoms with E-state index in [1.807, 2.05) is 29.6 Å². The third kappa shape index (κ3) is 5.52. The molecular weight excluding hydrogens is 516 g/mol. The number of esters is 1. The second-order valence-electron chi connectivity index (χ2n) is 11.0. The number of ketones is 1. The van der Waals surface area contributed by atoms with Gasteiger partial charge in [-0.2, -0.15) is 0 Å². The lowest BCUT2D eigenvalue weighted by Gasteiger charge is -2.52. The number of hydrogen-bond acceptors (Lipinski definition) is 4. The number of hydrogen-bond donors (Lipinski definition) is 0. The summed E-state index contributed by atoms with van der Waals surface area (Å²) in [6, 6.07) is 19.7. The van der Waals surface area contributed by atoms with Gasteiger partial charge in [-0.05, 0) is 76.3 Å². The maximum Gasteiger partial charge on any atom is 0.307 e. The molecule has 0 unspecified atom stereocenters. The van der Waals surface area contributed by atoms with E-state index >= 15 is 0 Å². The zero-order chi connectivity index (χ0) is 27.0. The highest BCUT2D eigenvalue weighted by molar-refractivity contribution is 7.17. The SMILES string of the molecule is O=C(C[C@H]1C[N+]2(CC(=O)c3ccc4sccc4c3)CCC1CC2)OC(c1cccc(F)c1)c1cccc(F)c1. The van der Waals surface area contributed by atoms with Crippen LogP contribution in [0.3, 0.4) is 0 Å². The van der Waals surface area contributed by atoms with Crippen molar-refractivity contribution in [1.82, 2.24) is 0 Å². The topological polar surface area (TPSA) is 43.4 Å². The van der Waals surface area contributed by atoms with Crippen molar-refractivity contribution < 1.29 is 27.6 Å². The first-order valence-corrected chi connectivity index (χ1v) is 14.3. The van der Waals surface area contributed by atoms with Gasteiger partial charge in [-0.25, -0.2) is 8.78 Å². The van der Waals surface area contributed by atoms with Gasteiger partial charge in [0.05, 0.1) is 26.1 Å². The van der Waals surface area contributed by atoms with Gasteiger partial charge in [-0.15, -0.1) is 11.3 Å². The Labute approximate surface area is 230 Å². The van der Waals surface area contributed by atoms with Crippen molar-refractivity contribution in [2.75, 3.05) is 26.2 Å². The van der Waals surface area contributed by atoms with Crippen LogP contribution in [0, 0.1) is 23.5 Å². The number of nitrogens with zero attached hydrogens (tertiary/aromatic N) is 1. The molecule has 4 nitrogen and oxygen atoms in total. The van der Waals surface area contributed by atoms with Crippen molar-refractivity contribution in [2.45, 2.75) is 25.4 Å². The fraction of sp³-hybridized carbons (Fsp3) is 0.312. The average molecular weight is 547 g/mol. The molecule has 0 aliphatic carbocycles. The van der Waals surface area contributed by atoms with Gasteiger partial charge in [0.1, 0.15) is 18.2 Å². The summed E-state index contributed by atoms with van der Waals surface area (Å²) in [6.07, 6.45) is 1.28. The van der Waals surface area contributed by atoms with Gasteiger partial charge in [-0.3, -0.25) is 9.59 Å². The number of carbonyl (C=O) groups excluding carboxylic acids is 2. The first-order valence-electron chi connectivity index (χ1n) is 13.4. The van der Waals surface area contributed by atoms with Crippen molar-refractivity contribution in [2.24, 2.45) is 11.8 Å². The molecule has 7 rings (SSSR count). The number of rotatable bonds is 8. The molecule has 0 amide bonds. The maximum atomic E-state index is 14.0. The van der Waals surface area contributed by atoms with Gasteiger partial charge >= 0.3 is 5.97 Å². The Morgan fingerprint density at radius 3 is 2.28 bits per heavy atom. The summed E-state index contributed by atoms with van der Waals surface area (Å²) in [4.78, 5) is 26.6. The highest BCUT2D eigenvalue weighted by Crippen LogP contribution is 2.40. The largest absolute Gasteiger partial charge is 0.453 e. The minimum atomic E-state index is -0.901. The van der Waals surface area contributed by atoms with Crippen LogP contribution in [0.25, 0.3) is 10.1 Å². The Morgan fingerprint density at radius 1 is 0.923 bits per heavy atom. The zero-order valence-corrected chi connectivity index (χ0v) is 22.3.